The van der Waals surface area contributed by atoms with Crippen molar-refractivity contribution in [2.75, 3.05) is 11.5 Å². The molecule has 1 aromatic carbocycles. The molecule has 2 fully saturated rings. The predicted molar refractivity (Wildman–Crippen MR) is 147 cm³/mol. The summed E-state index contributed by atoms with van der Waals surface area (Å²) in [5, 5.41) is 20.7. The maximum Gasteiger partial charge on any atom is 0.453 e. The second-order valence-corrected chi connectivity index (χ2v) is 13.5. The number of halogens is 5. The minimum Gasteiger partial charge on any atom is -0.508 e. The molecule has 39 heavy (non-hydrogen) atoms. The second kappa shape index (κ2) is 13.8. The van der Waals surface area contributed by atoms with Crippen LogP contribution in [-0.2, 0) is 6.42 Å². The van der Waals surface area contributed by atoms with Crippen LogP contribution in [0.4, 0.5) is 22.0 Å². The summed E-state index contributed by atoms with van der Waals surface area (Å²) in [7, 11) is 0. The van der Waals surface area contributed by atoms with E-state index >= 15 is 0 Å². The topological polar surface area (TPSA) is 40.5 Å². The SMILES string of the molecule is Oc1ccc2c(c1)C[C@@H](CCCCCCCCCSCCCC(F)(F)C(F)(F)F)[C@H]1[C@@H]3CC[C@H](O)[C@H]3CC[C@H]21. The summed E-state index contributed by atoms with van der Waals surface area (Å²) in [5.74, 6) is -0.129. The number of hydrogen-bond donors (Lipinski definition) is 2. The Hall–Kier alpha value is -1.02. The molecule has 0 aliphatic heterocycles. The Morgan fingerprint density at radius 2 is 1.46 bits per heavy atom. The molecule has 0 bridgehead atoms. The molecule has 0 spiro atoms. The molecule has 0 radical (unpaired) electrons. The molecule has 222 valence electrons. The lowest BCUT2D eigenvalue weighted by Crippen LogP contribution is -2.41. The van der Waals surface area contributed by atoms with Crippen LogP contribution in [-0.4, -0.2) is 39.9 Å². The van der Waals surface area contributed by atoms with Crippen LogP contribution in [0.5, 0.6) is 5.75 Å². The van der Waals surface area contributed by atoms with Crippen LogP contribution >= 0.6 is 11.8 Å². The van der Waals surface area contributed by atoms with Crippen LogP contribution in [0.3, 0.4) is 0 Å². The monoisotopic (exact) mass is 576 g/mol. The number of benzene rings is 1. The third-order valence-electron chi connectivity index (χ3n) is 9.72. The molecule has 0 aromatic heterocycles. The Morgan fingerprint density at radius 3 is 2.21 bits per heavy atom. The van der Waals surface area contributed by atoms with E-state index in [0.29, 0.717) is 41.1 Å². The number of rotatable bonds is 14. The normalized spacial score (nSPS) is 28.7. The lowest BCUT2D eigenvalue weighted by Gasteiger charge is -2.49. The first kappa shape index (κ1) is 30.9. The van der Waals surface area contributed by atoms with Crippen LogP contribution in [0.2, 0.25) is 0 Å². The minimum absolute atomic E-state index is 0.117. The van der Waals surface area contributed by atoms with Gasteiger partial charge in [-0.15, -0.1) is 0 Å². The number of unbranched alkanes of at least 4 members (excludes halogenated alkanes) is 6. The minimum atomic E-state index is -5.44. The van der Waals surface area contributed by atoms with Gasteiger partial charge in [0.15, 0.2) is 0 Å². The summed E-state index contributed by atoms with van der Waals surface area (Å²) >= 11 is 1.47. The summed E-state index contributed by atoms with van der Waals surface area (Å²) < 4.78 is 62.3. The number of alkyl halides is 5. The van der Waals surface area contributed by atoms with E-state index in [0.717, 1.165) is 57.1 Å². The van der Waals surface area contributed by atoms with E-state index in [1.54, 1.807) is 0 Å². The van der Waals surface area contributed by atoms with Gasteiger partial charge in [0.2, 0.25) is 0 Å². The van der Waals surface area contributed by atoms with Gasteiger partial charge in [-0.1, -0.05) is 44.6 Å². The number of aliphatic hydroxyl groups is 1. The van der Waals surface area contributed by atoms with Gasteiger partial charge in [-0.25, -0.2) is 0 Å². The van der Waals surface area contributed by atoms with Crippen LogP contribution in [0.25, 0.3) is 0 Å². The smallest absolute Gasteiger partial charge is 0.453 e. The van der Waals surface area contributed by atoms with Crippen molar-refractivity contribution in [2.24, 2.45) is 23.7 Å². The number of thioether (sulfide) groups is 1. The number of hydrogen-bond acceptors (Lipinski definition) is 3. The summed E-state index contributed by atoms with van der Waals surface area (Å²) in [5.41, 5.74) is 2.76. The molecule has 0 unspecified atom stereocenters. The zero-order chi connectivity index (χ0) is 28.0. The number of aliphatic hydroxyl groups excluding tert-OH is 1. The molecule has 2 saturated carbocycles. The zero-order valence-electron chi connectivity index (χ0n) is 22.9. The van der Waals surface area contributed by atoms with Crippen LogP contribution in [0.15, 0.2) is 18.2 Å². The highest BCUT2D eigenvalue weighted by atomic mass is 32.2. The Kier molecular flexibility index (Phi) is 10.9. The van der Waals surface area contributed by atoms with Crippen LogP contribution < -0.4 is 0 Å². The average molecular weight is 577 g/mol. The molecule has 4 rings (SSSR count). The van der Waals surface area contributed by atoms with Crippen molar-refractivity contribution in [3.05, 3.63) is 29.3 Å². The van der Waals surface area contributed by atoms with Crippen LogP contribution in [0, 0.1) is 23.7 Å². The summed E-state index contributed by atoms with van der Waals surface area (Å²) in [6, 6.07) is 5.96. The van der Waals surface area contributed by atoms with Gasteiger partial charge in [-0.05, 0) is 116 Å². The molecular formula is C31H45F5O2S. The highest BCUT2D eigenvalue weighted by Gasteiger charge is 2.56. The van der Waals surface area contributed by atoms with Crippen molar-refractivity contribution in [3.8, 4) is 5.75 Å². The fourth-order valence-electron chi connectivity index (χ4n) is 7.84. The lowest BCUT2D eigenvalue weighted by atomic mass is 9.56. The van der Waals surface area contributed by atoms with E-state index in [9.17, 15) is 32.2 Å². The van der Waals surface area contributed by atoms with E-state index in [1.165, 1.54) is 55.0 Å². The molecule has 0 heterocycles. The number of phenolic OH excluding ortho intramolecular Hbond substituents is 1. The molecule has 3 aliphatic rings. The Labute approximate surface area is 234 Å². The van der Waals surface area contributed by atoms with Crippen molar-refractivity contribution < 1.29 is 32.2 Å². The first-order valence-electron chi connectivity index (χ1n) is 15.1. The van der Waals surface area contributed by atoms with Crippen molar-refractivity contribution in [1.29, 1.82) is 0 Å². The third-order valence-corrected chi connectivity index (χ3v) is 10.9. The van der Waals surface area contributed by atoms with Gasteiger partial charge in [0.1, 0.15) is 5.75 Å². The van der Waals surface area contributed by atoms with Crippen molar-refractivity contribution in [2.45, 2.75) is 120 Å². The molecule has 0 amide bonds. The van der Waals surface area contributed by atoms with Gasteiger partial charge >= 0.3 is 12.1 Å². The van der Waals surface area contributed by atoms with E-state index in [2.05, 4.69) is 6.07 Å². The molecular weight excluding hydrogens is 531 g/mol. The molecule has 2 N–H and O–H groups in total. The van der Waals surface area contributed by atoms with Crippen molar-refractivity contribution in [3.63, 3.8) is 0 Å². The molecule has 0 saturated heterocycles. The van der Waals surface area contributed by atoms with Gasteiger partial charge in [0.25, 0.3) is 0 Å². The van der Waals surface area contributed by atoms with Crippen molar-refractivity contribution in [1.82, 2.24) is 0 Å². The molecule has 8 heteroatoms. The van der Waals surface area contributed by atoms with Gasteiger partial charge in [-0.3, -0.25) is 0 Å². The van der Waals surface area contributed by atoms with E-state index in [1.807, 2.05) is 12.1 Å². The maximum atomic E-state index is 12.9. The fraction of sp³-hybridized carbons (Fsp3) is 0.806. The molecule has 1 aromatic rings. The second-order valence-electron chi connectivity index (χ2n) is 12.3. The summed E-state index contributed by atoms with van der Waals surface area (Å²) in [6.07, 6.45) is 7.77. The Bertz CT molecular complexity index is 907. The predicted octanol–water partition coefficient (Wildman–Crippen LogP) is 9.28. The van der Waals surface area contributed by atoms with E-state index in [-0.39, 0.29) is 12.5 Å². The summed E-state index contributed by atoms with van der Waals surface area (Å²) in [4.78, 5) is 0. The van der Waals surface area contributed by atoms with Gasteiger partial charge in [0, 0.05) is 6.42 Å². The highest BCUT2D eigenvalue weighted by molar-refractivity contribution is 7.99. The number of phenols is 1. The number of fused-ring (bicyclic) bond motifs is 5. The molecule has 6 atom stereocenters. The highest BCUT2D eigenvalue weighted by Crippen LogP contribution is 2.57. The van der Waals surface area contributed by atoms with E-state index < -0.39 is 18.5 Å². The zero-order valence-corrected chi connectivity index (χ0v) is 23.7. The average Bonchev–Trinajstić information content (AvgIpc) is 3.26. The third kappa shape index (κ3) is 7.84. The quantitative estimate of drug-likeness (QED) is 0.171. The Balaban J connectivity index is 1.11. The first-order valence-corrected chi connectivity index (χ1v) is 16.3. The van der Waals surface area contributed by atoms with E-state index in [4.69, 9.17) is 0 Å². The summed E-state index contributed by atoms with van der Waals surface area (Å²) in [6.45, 7) is 0. The maximum absolute atomic E-state index is 12.9. The first-order chi connectivity index (χ1) is 18.6. The lowest BCUT2D eigenvalue weighted by molar-refractivity contribution is -0.284. The molecule has 3 aliphatic carbocycles. The Morgan fingerprint density at radius 1 is 0.795 bits per heavy atom. The van der Waals surface area contributed by atoms with Gasteiger partial charge < -0.3 is 10.2 Å². The van der Waals surface area contributed by atoms with Crippen LogP contribution in [0.1, 0.15) is 107 Å². The molecule has 2 nitrogen and oxygen atoms in total. The van der Waals surface area contributed by atoms with Gasteiger partial charge in [-0.2, -0.15) is 33.7 Å². The largest absolute Gasteiger partial charge is 0.508 e. The van der Waals surface area contributed by atoms with Gasteiger partial charge in [0.05, 0.1) is 6.10 Å². The fourth-order valence-corrected chi connectivity index (χ4v) is 8.80. The standard InChI is InChI=1S/C31H45F5O2S/c32-30(33,31(34,35)36)16-8-18-39-17-7-5-3-1-2-4-6-9-21-19-22-20-23(37)10-11-24(22)26-13-12-25-27(29(21)26)14-15-28(25)38/h10-11,20-21,25-29,37-38H,1-9,12-19H2/t21-,25+,26-,27-,28+,29-/m1/s1. The van der Waals surface area contributed by atoms with Crippen molar-refractivity contribution >= 4 is 11.8 Å². The number of aromatic hydroxyl groups is 1.